The van der Waals surface area contributed by atoms with E-state index in [1.54, 1.807) is 29.7 Å². The van der Waals surface area contributed by atoms with Crippen molar-refractivity contribution in [3.05, 3.63) is 12.7 Å². The quantitative estimate of drug-likeness (QED) is 0.272. The van der Waals surface area contributed by atoms with Gasteiger partial charge in [-0.15, -0.1) is 18.3 Å². The average molecular weight is 517 g/mol. The maximum atomic E-state index is 14.0. The molecule has 7 atom stereocenters. The first-order valence-electron chi connectivity index (χ1n) is 11.1. The molecule has 0 aromatic heterocycles. The van der Waals surface area contributed by atoms with Crippen molar-refractivity contribution in [1.29, 1.82) is 0 Å². The van der Waals surface area contributed by atoms with E-state index in [-0.39, 0.29) is 53.7 Å². The molecule has 0 radical (unpaired) electrons. The molecule has 0 aromatic rings. The second-order valence-corrected chi connectivity index (χ2v) is 11.3. The lowest BCUT2D eigenvalue weighted by molar-refractivity contribution is -0.153. The van der Waals surface area contributed by atoms with Crippen molar-refractivity contribution in [2.24, 2.45) is 11.8 Å². The highest BCUT2D eigenvalue weighted by Crippen LogP contribution is 2.68. The lowest BCUT2D eigenvalue weighted by atomic mass is 9.71. The highest BCUT2D eigenvalue weighted by atomic mass is 79.9. The van der Waals surface area contributed by atoms with Crippen LogP contribution in [0, 0.1) is 11.8 Å². The van der Waals surface area contributed by atoms with Crippen LogP contribution in [-0.2, 0) is 19.1 Å². The number of halogens is 1. The van der Waals surface area contributed by atoms with Crippen molar-refractivity contribution in [3.63, 3.8) is 0 Å². The van der Waals surface area contributed by atoms with Crippen LogP contribution in [0.1, 0.15) is 40.0 Å². The fourth-order valence-electron chi connectivity index (χ4n) is 5.62. The van der Waals surface area contributed by atoms with Crippen LogP contribution >= 0.6 is 27.7 Å². The third kappa shape index (κ3) is 3.95. The molecule has 7 nitrogen and oxygen atoms in total. The number of esters is 1. The fraction of sp³-hybridized carbons (Fsp3) is 0.773. The molecule has 3 saturated heterocycles. The number of hydrogen-bond donors (Lipinski definition) is 1. The van der Waals surface area contributed by atoms with Gasteiger partial charge in [-0.1, -0.05) is 35.4 Å². The van der Waals surface area contributed by atoms with E-state index >= 15 is 0 Å². The summed E-state index contributed by atoms with van der Waals surface area (Å²) in [6.45, 7) is 10.1. The number of rotatable bonds is 10. The molecule has 31 heavy (non-hydrogen) atoms. The molecule has 174 valence electrons. The lowest BCUT2D eigenvalue weighted by Gasteiger charge is -2.39. The van der Waals surface area contributed by atoms with Gasteiger partial charge in [0.25, 0.3) is 0 Å². The van der Waals surface area contributed by atoms with Crippen molar-refractivity contribution in [3.8, 4) is 0 Å². The van der Waals surface area contributed by atoms with Crippen molar-refractivity contribution >= 4 is 45.5 Å². The number of likely N-dealkylation sites (tertiary alicyclic amines) is 1. The van der Waals surface area contributed by atoms with Crippen molar-refractivity contribution < 1.29 is 24.2 Å². The molecule has 3 aliphatic rings. The zero-order valence-corrected chi connectivity index (χ0v) is 20.9. The number of carbonyl (C=O) groups is 3. The zero-order chi connectivity index (χ0) is 22.9. The smallest absolute Gasteiger partial charge is 0.310 e. The van der Waals surface area contributed by atoms with Crippen LogP contribution in [0.15, 0.2) is 12.7 Å². The topological polar surface area (TPSA) is 87.2 Å². The van der Waals surface area contributed by atoms with Crippen LogP contribution in [0.25, 0.3) is 0 Å². The summed E-state index contributed by atoms with van der Waals surface area (Å²) in [6.07, 6.45) is 4.11. The van der Waals surface area contributed by atoms with Crippen LogP contribution < -0.4 is 0 Å². The van der Waals surface area contributed by atoms with Gasteiger partial charge >= 0.3 is 5.97 Å². The van der Waals surface area contributed by atoms with E-state index in [0.29, 0.717) is 13.0 Å². The first-order valence-corrected chi connectivity index (χ1v) is 12.9. The summed E-state index contributed by atoms with van der Waals surface area (Å²) < 4.78 is 4.62. The summed E-state index contributed by atoms with van der Waals surface area (Å²) in [6, 6.07) is -0.716. The molecule has 9 heteroatoms. The van der Waals surface area contributed by atoms with Crippen molar-refractivity contribution in [2.45, 2.75) is 66.9 Å². The van der Waals surface area contributed by atoms with E-state index in [1.807, 2.05) is 6.92 Å². The number of amides is 2. The highest BCUT2D eigenvalue weighted by molar-refractivity contribution is 9.09. The minimum Gasteiger partial charge on any atom is -0.466 e. The third-order valence-electron chi connectivity index (χ3n) is 6.77. The van der Waals surface area contributed by atoms with E-state index in [0.717, 1.165) is 12.8 Å². The predicted molar refractivity (Wildman–Crippen MR) is 124 cm³/mol. The molecule has 1 spiro atoms. The minimum atomic E-state index is -0.717. The van der Waals surface area contributed by atoms with Gasteiger partial charge in [0.1, 0.15) is 6.04 Å². The molecule has 2 bridgehead atoms. The SMILES string of the molecule is C=CCN(C(=O)C1N(CCO)C(=O)[C@@H]2[C@@H](C(=O)OCC)[C@@H]3SC12CC3Br)C(C)CCC. The summed E-state index contributed by atoms with van der Waals surface area (Å²) >= 11 is 5.30. The molecule has 4 unspecified atom stereocenters. The molecule has 0 aromatic carbocycles. The summed E-state index contributed by atoms with van der Waals surface area (Å²) in [5.74, 6) is -1.91. The Labute approximate surface area is 197 Å². The maximum absolute atomic E-state index is 14.0. The van der Waals surface area contributed by atoms with Crippen LogP contribution in [-0.4, -0.2) is 85.9 Å². The monoisotopic (exact) mass is 516 g/mol. The van der Waals surface area contributed by atoms with Crippen molar-refractivity contribution in [1.82, 2.24) is 9.80 Å². The van der Waals surface area contributed by atoms with Gasteiger partial charge in [-0.25, -0.2) is 0 Å². The van der Waals surface area contributed by atoms with Gasteiger partial charge in [-0.05, 0) is 26.7 Å². The molecule has 0 saturated carbocycles. The number of ether oxygens (including phenoxy) is 1. The van der Waals surface area contributed by atoms with Crippen LogP contribution in [0.4, 0.5) is 0 Å². The number of β-amino-alcohol motifs (C(OH)–C–C–N with tert-alkyl or cyclic N) is 1. The van der Waals surface area contributed by atoms with Crippen molar-refractivity contribution in [2.75, 3.05) is 26.3 Å². The fourth-order valence-corrected chi connectivity index (χ4v) is 9.22. The molecule has 3 aliphatic heterocycles. The van der Waals surface area contributed by atoms with Gasteiger partial charge in [0, 0.05) is 29.2 Å². The molecule has 0 aliphatic carbocycles. The standard InChI is InChI=1S/C22H33BrN2O5S/c1-5-8-13(4)24(9-6-2)20(28)18-22-12-14(23)17(31-22)15(21(29)30-7-3)16(22)19(27)25(18)10-11-26/h6,13-18,26H,2,5,7-12H2,1,3-4H3/t13?,14?,15-,16+,17-,18?,22?/m1/s1. The number of alkyl halides is 1. The Bertz CT molecular complexity index is 737. The number of thioether (sulfide) groups is 1. The summed E-state index contributed by atoms with van der Waals surface area (Å²) in [5.41, 5.74) is 0. The Balaban J connectivity index is 2.04. The Kier molecular flexibility index (Phi) is 7.79. The molecule has 1 N–H and O–H groups in total. The Morgan fingerprint density at radius 2 is 2.19 bits per heavy atom. The largest absolute Gasteiger partial charge is 0.466 e. The maximum Gasteiger partial charge on any atom is 0.310 e. The second kappa shape index (κ2) is 9.83. The van der Waals surface area contributed by atoms with Gasteiger partial charge in [-0.2, -0.15) is 0 Å². The minimum absolute atomic E-state index is 0.00116. The number of carbonyl (C=O) groups excluding carboxylic acids is 3. The highest BCUT2D eigenvalue weighted by Gasteiger charge is 2.76. The number of aliphatic hydroxyl groups is 1. The average Bonchev–Trinajstić information content (AvgIpc) is 3.30. The van der Waals surface area contributed by atoms with Crippen LogP contribution in [0.3, 0.4) is 0 Å². The Hall–Kier alpha value is -1.06. The Morgan fingerprint density at radius 3 is 2.77 bits per heavy atom. The Morgan fingerprint density at radius 1 is 1.48 bits per heavy atom. The lowest BCUT2D eigenvalue weighted by Crippen LogP contribution is -2.57. The first-order chi connectivity index (χ1) is 14.8. The third-order valence-corrected chi connectivity index (χ3v) is 9.99. The molecule has 3 fully saturated rings. The molecule has 2 amide bonds. The van der Waals surface area contributed by atoms with Gasteiger partial charge in [0.2, 0.25) is 11.8 Å². The van der Waals surface area contributed by atoms with E-state index < -0.39 is 22.6 Å². The number of fused-ring (bicyclic) bond motifs is 1. The summed E-state index contributed by atoms with van der Waals surface area (Å²) in [5, 5.41) is 9.57. The zero-order valence-electron chi connectivity index (χ0n) is 18.5. The number of aliphatic hydroxyl groups excluding tert-OH is 1. The van der Waals surface area contributed by atoms with Gasteiger partial charge < -0.3 is 19.6 Å². The van der Waals surface area contributed by atoms with Crippen LogP contribution in [0.2, 0.25) is 0 Å². The molecular formula is C22H33BrN2O5S. The number of nitrogens with zero attached hydrogens (tertiary/aromatic N) is 2. The van der Waals surface area contributed by atoms with Gasteiger partial charge in [-0.3, -0.25) is 14.4 Å². The predicted octanol–water partition coefficient (Wildman–Crippen LogP) is 2.21. The molecule has 3 rings (SSSR count). The van der Waals surface area contributed by atoms with E-state index in [2.05, 4.69) is 29.4 Å². The summed E-state index contributed by atoms with van der Waals surface area (Å²) in [7, 11) is 0. The number of hydrogen-bond acceptors (Lipinski definition) is 6. The van der Waals surface area contributed by atoms with Gasteiger partial charge in [0.05, 0.1) is 29.8 Å². The van der Waals surface area contributed by atoms with Gasteiger partial charge in [0.15, 0.2) is 0 Å². The summed E-state index contributed by atoms with van der Waals surface area (Å²) in [4.78, 5) is 43.7. The second-order valence-electron chi connectivity index (χ2n) is 8.59. The van der Waals surface area contributed by atoms with Crippen LogP contribution in [0.5, 0.6) is 0 Å². The molecular weight excluding hydrogens is 484 g/mol. The van der Waals surface area contributed by atoms with E-state index in [4.69, 9.17) is 4.74 Å². The van der Waals surface area contributed by atoms with E-state index in [1.165, 1.54) is 4.90 Å². The van der Waals surface area contributed by atoms with E-state index in [9.17, 15) is 19.5 Å². The first kappa shape index (κ1) is 24.6. The molecule has 3 heterocycles. The normalized spacial score (nSPS) is 34.5.